The van der Waals surface area contributed by atoms with Crippen LogP contribution >= 0.6 is 0 Å². The highest BCUT2D eigenvalue weighted by atomic mass is 16.3. The first kappa shape index (κ1) is 10.7. The maximum Gasteiger partial charge on any atom is 0.250 e. The van der Waals surface area contributed by atoms with Gasteiger partial charge in [0.2, 0.25) is 5.91 Å². The van der Waals surface area contributed by atoms with Gasteiger partial charge in [0, 0.05) is 11.1 Å². The molecule has 14 heavy (non-hydrogen) atoms. The molecule has 1 amide bonds. The summed E-state index contributed by atoms with van der Waals surface area (Å²) in [6.07, 6.45) is 9.59. The molecule has 0 radical (unpaired) electrons. The molecule has 3 nitrogen and oxygen atoms in total. The third-order valence-corrected chi connectivity index (χ3v) is 1.87. The number of nitrogens with one attached hydrogen (secondary N) is 1. The molecule has 0 bridgehead atoms. The Morgan fingerprint density at radius 1 is 1.50 bits per heavy atom. The van der Waals surface area contributed by atoms with E-state index in [0.29, 0.717) is 0 Å². The summed E-state index contributed by atoms with van der Waals surface area (Å²) in [4.78, 5) is 10.9. The fourth-order valence-corrected chi connectivity index (χ4v) is 1.24. The second-order valence-corrected chi connectivity index (χ2v) is 3.85. The summed E-state index contributed by atoms with van der Waals surface area (Å²) in [5, 5.41) is 11.2. The molecule has 1 aliphatic carbocycles. The molecule has 76 valence electrons. The number of amides is 1. The molecule has 0 aliphatic heterocycles. The van der Waals surface area contributed by atoms with Crippen molar-refractivity contribution in [1.29, 1.82) is 0 Å². The largest absolute Gasteiger partial charge is 0.387 e. The number of aliphatic hydroxyl groups excluding tert-OH is 1. The maximum absolute atomic E-state index is 10.9. The highest BCUT2D eigenvalue weighted by molar-refractivity contribution is 5.79. The van der Waals surface area contributed by atoms with Gasteiger partial charge in [0.25, 0.3) is 0 Å². The van der Waals surface area contributed by atoms with Crippen molar-refractivity contribution in [2.75, 3.05) is 6.61 Å². The summed E-state index contributed by atoms with van der Waals surface area (Å²) < 4.78 is 0. The Morgan fingerprint density at radius 3 is 2.86 bits per heavy atom. The first-order chi connectivity index (χ1) is 6.53. The molecular weight excluding hydrogens is 178 g/mol. The molecule has 0 atom stereocenters. The van der Waals surface area contributed by atoms with Crippen molar-refractivity contribution in [2.45, 2.75) is 13.8 Å². The van der Waals surface area contributed by atoms with Gasteiger partial charge < -0.3 is 10.4 Å². The van der Waals surface area contributed by atoms with Gasteiger partial charge in [0.05, 0.1) is 0 Å². The van der Waals surface area contributed by atoms with Gasteiger partial charge in [0.1, 0.15) is 6.61 Å². The normalized spacial score (nSPS) is 18.6. The van der Waals surface area contributed by atoms with Crippen LogP contribution in [0.1, 0.15) is 13.8 Å². The highest BCUT2D eigenvalue weighted by Crippen LogP contribution is 2.22. The fraction of sp³-hybridized carbons (Fsp3) is 0.364. The van der Waals surface area contributed by atoms with Gasteiger partial charge in [-0.05, 0) is 6.08 Å². The number of hydrogen-bond acceptors (Lipinski definition) is 2. The number of rotatable bonds is 2. The van der Waals surface area contributed by atoms with Gasteiger partial charge >= 0.3 is 0 Å². The van der Waals surface area contributed by atoms with E-state index >= 15 is 0 Å². The molecule has 0 heterocycles. The number of hydrogen-bond donors (Lipinski definition) is 2. The van der Waals surface area contributed by atoms with E-state index in [-0.39, 0.29) is 5.41 Å². The number of allylic oxidation sites excluding steroid dienone is 5. The van der Waals surface area contributed by atoms with Crippen molar-refractivity contribution in [3.05, 3.63) is 36.1 Å². The summed E-state index contributed by atoms with van der Waals surface area (Å²) in [6.45, 7) is 3.60. The van der Waals surface area contributed by atoms with E-state index < -0.39 is 12.5 Å². The van der Waals surface area contributed by atoms with E-state index in [1.807, 2.05) is 38.2 Å². The van der Waals surface area contributed by atoms with Crippen LogP contribution in [-0.2, 0) is 4.79 Å². The summed E-state index contributed by atoms with van der Waals surface area (Å²) in [5.41, 5.74) is 0.640. The standard InChI is InChI=1S/C11H15NO2/c1-11(2)6-4-3-5-9(7-11)12-10(14)8-13/h3-7,13H,8H2,1-2H3,(H,12,14). The topological polar surface area (TPSA) is 49.3 Å². The first-order valence-corrected chi connectivity index (χ1v) is 4.53. The third-order valence-electron chi connectivity index (χ3n) is 1.87. The van der Waals surface area contributed by atoms with Crippen LogP contribution in [0.25, 0.3) is 0 Å². The molecule has 0 aromatic heterocycles. The predicted octanol–water partition coefficient (Wildman–Crippen LogP) is 1.13. The Labute approximate surface area is 83.8 Å². The minimum absolute atomic E-state index is 0.0818. The Bertz CT molecular complexity index is 311. The molecule has 0 spiro atoms. The summed E-state index contributed by atoms with van der Waals surface area (Å²) in [5.74, 6) is -0.390. The zero-order valence-electron chi connectivity index (χ0n) is 8.45. The van der Waals surface area contributed by atoms with Crippen LogP contribution in [0.4, 0.5) is 0 Å². The molecule has 0 fully saturated rings. The van der Waals surface area contributed by atoms with Gasteiger partial charge in [-0.1, -0.05) is 38.2 Å². The van der Waals surface area contributed by atoms with Crippen LogP contribution in [0.5, 0.6) is 0 Å². The van der Waals surface area contributed by atoms with Crippen molar-refractivity contribution < 1.29 is 9.90 Å². The van der Waals surface area contributed by atoms with Gasteiger partial charge in [-0.25, -0.2) is 0 Å². The van der Waals surface area contributed by atoms with Gasteiger partial charge in [-0.2, -0.15) is 0 Å². The Morgan fingerprint density at radius 2 is 2.21 bits per heavy atom. The molecular formula is C11H15NO2. The minimum Gasteiger partial charge on any atom is -0.387 e. The summed E-state index contributed by atoms with van der Waals surface area (Å²) in [6, 6.07) is 0. The molecule has 0 saturated carbocycles. The monoisotopic (exact) mass is 193 g/mol. The molecule has 1 aliphatic rings. The second-order valence-electron chi connectivity index (χ2n) is 3.85. The maximum atomic E-state index is 10.9. The Balaban J connectivity index is 2.78. The molecule has 0 saturated heterocycles. The fourth-order valence-electron chi connectivity index (χ4n) is 1.24. The molecule has 0 aromatic rings. The van der Waals surface area contributed by atoms with Crippen LogP contribution < -0.4 is 5.32 Å². The van der Waals surface area contributed by atoms with E-state index in [0.717, 1.165) is 5.70 Å². The number of carbonyl (C=O) groups excluding carboxylic acids is 1. The van der Waals surface area contributed by atoms with Gasteiger partial charge in [-0.3, -0.25) is 4.79 Å². The van der Waals surface area contributed by atoms with Gasteiger partial charge in [0.15, 0.2) is 0 Å². The lowest BCUT2D eigenvalue weighted by molar-refractivity contribution is -0.123. The molecule has 1 rings (SSSR count). The van der Waals surface area contributed by atoms with E-state index in [9.17, 15) is 4.79 Å². The van der Waals surface area contributed by atoms with E-state index in [4.69, 9.17) is 5.11 Å². The van der Waals surface area contributed by atoms with Crippen LogP contribution in [0.15, 0.2) is 36.1 Å². The van der Waals surface area contributed by atoms with Crippen LogP contribution in [0.2, 0.25) is 0 Å². The molecule has 2 N–H and O–H groups in total. The average molecular weight is 193 g/mol. The van der Waals surface area contributed by atoms with Crippen molar-refractivity contribution in [1.82, 2.24) is 5.32 Å². The lowest BCUT2D eigenvalue weighted by atomic mass is 9.92. The van der Waals surface area contributed by atoms with Crippen molar-refractivity contribution in [3.8, 4) is 0 Å². The first-order valence-electron chi connectivity index (χ1n) is 4.53. The SMILES string of the molecule is CC1(C)C=CC=CC(NC(=O)CO)=C1. The lowest BCUT2D eigenvalue weighted by Crippen LogP contribution is -2.25. The van der Waals surface area contributed by atoms with E-state index in [1.165, 1.54) is 0 Å². The zero-order valence-corrected chi connectivity index (χ0v) is 8.45. The minimum atomic E-state index is -0.487. The second kappa shape index (κ2) is 4.24. The predicted molar refractivity (Wildman–Crippen MR) is 55.4 cm³/mol. The summed E-state index contributed by atoms with van der Waals surface area (Å²) in [7, 11) is 0. The Kier molecular flexibility index (Phi) is 3.25. The number of carbonyl (C=O) groups is 1. The zero-order chi connectivity index (χ0) is 10.6. The van der Waals surface area contributed by atoms with Crippen molar-refractivity contribution in [3.63, 3.8) is 0 Å². The quantitative estimate of drug-likeness (QED) is 0.690. The highest BCUT2D eigenvalue weighted by Gasteiger charge is 2.13. The smallest absolute Gasteiger partial charge is 0.250 e. The van der Waals surface area contributed by atoms with Crippen LogP contribution in [0, 0.1) is 5.41 Å². The summed E-state index contributed by atoms with van der Waals surface area (Å²) >= 11 is 0. The van der Waals surface area contributed by atoms with Crippen molar-refractivity contribution in [2.24, 2.45) is 5.41 Å². The van der Waals surface area contributed by atoms with Crippen LogP contribution in [-0.4, -0.2) is 17.6 Å². The van der Waals surface area contributed by atoms with E-state index in [1.54, 1.807) is 6.08 Å². The van der Waals surface area contributed by atoms with E-state index in [2.05, 4.69) is 5.32 Å². The van der Waals surface area contributed by atoms with Crippen molar-refractivity contribution >= 4 is 5.91 Å². The third kappa shape index (κ3) is 3.18. The number of aliphatic hydroxyl groups is 1. The molecule has 3 heteroatoms. The molecule has 0 aromatic carbocycles. The lowest BCUT2D eigenvalue weighted by Gasteiger charge is -2.15. The Hall–Kier alpha value is -1.35. The van der Waals surface area contributed by atoms with Crippen LogP contribution in [0.3, 0.4) is 0 Å². The molecule has 0 unspecified atom stereocenters. The van der Waals surface area contributed by atoms with Gasteiger partial charge in [-0.15, -0.1) is 0 Å². The average Bonchev–Trinajstić information content (AvgIpc) is 2.26.